The highest BCUT2D eigenvalue weighted by atomic mass is 32.1. The van der Waals surface area contributed by atoms with Gasteiger partial charge in [-0.25, -0.2) is 0 Å². The minimum Gasteiger partial charge on any atom is -0.456 e. The molecule has 9 aromatic rings. The number of rotatable bonds is 3. The first kappa shape index (κ1) is 26.1. The van der Waals surface area contributed by atoms with Crippen molar-refractivity contribution in [1.82, 2.24) is 0 Å². The molecule has 46 heavy (non-hydrogen) atoms. The van der Waals surface area contributed by atoms with Gasteiger partial charge in [0.1, 0.15) is 19.2 Å². The standard InChI is InChI=1S/C42H29NOSSi/c1-46(2)38-23-22-36-40(33-14-8-9-15-35(33)44-36)41(38)34-21-18-29(25-39(34)46)43(27-11-4-3-5-12-27)28-17-20-31-32-19-16-26-10-6-7-13-30(26)42(32)45-37(31)24-28/h3-25H,1-2H3. The summed E-state index contributed by atoms with van der Waals surface area (Å²) in [5.41, 5.74) is 8.17. The van der Waals surface area contributed by atoms with Crippen LogP contribution in [0.2, 0.25) is 13.1 Å². The Hall–Kier alpha value is -5.16. The summed E-state index contributed by atoms with van der Waals surface area (Å²) in [5.74, 6) is 0. The van der Waals surface area contributed by atoms with E-state index in [2.05, 4.69) is 158 Å². The van der Waals surface area contributed by atoms with E-state index in [1.807, 2.05) is 11.3 Å². The largest absolute Gasteiger partial charge is 0.456 e. The molecule has 10 rings (SSSR count). The molecular weight excluding hydrogens is 595 g/mol. The Labute approximate surface area is 271 Å². The lowest BCUT2D eigenvalue weighted by Crippen LogP contribution is -2.49. The van der Waals surface area contributed by atoms with Crippen molar-refractivity contribution in [3.63, 3.8) is 0 Å². The lowest BCUT2D eigenvalue weighted by molar-refractivity contribution is 0.669. The van der Waals surface area contributed by atoms with Crippen molar-refractivity contribution in [1.29, 1.82) is 0 Å². The average Bonchev–Trinajstić information content (AvgIpc) is 3.73. The molecule has 0 spiro atoms. The third-order valence-electron chi connectivity index (χ3n) is 10.0. The minimum atomic E-state index is -2.00. The van der Waals surface area contributed by atoms with Crippen LogP contribution in [0.4, 0.5) is 17.1 Å². The number of fused-ring (bicyclic) bond motifs is 12. The van der Waals surface area contributed by atoms with E-state index in [4.69, 9.17) is 4.42 Å². The SMILES string of the molecule is C[Si]1(C)c2cc(N(c3ccccc3)c3ccc4c(c3)sc3c5ccccc5ccc43)ccc2-c2c1ccc1oc3ccccc3c21. The van der Waals surface area contributed by atoms with Gasteiger partial charge in [0, 0.05) is 48.0 Å². The lowest BCUT2D eigenvalue weighted by atomic mass is 9.99. The highest BCUT2D eigenvalue weighted by Gasteiger charge is 2.39. The Morgan fingerprint density at radius 2 is 1.28 bits per heavy atom. The van der Waals surface area contributed by atoms with Crippen molar-refractivity contribution in [2.45, 2.75) is 13.1 Å². The summed E-state index contributed by atoms with van der Waals surface area (Å²) in [6.45, 7) is 4.99. The normalized spacial score (nSPS) is 13.6. The highest BCUT2D eigenvalue weighted by molar-refractivity contribution is 7.26. The first-order valence-electron chi connectivity index (χ1n) is 15.9. The van der Waals surface area contributed by atoms with Gasteiger partial charge < -0.3 is 9.32 Å². The van der Waals surface area contributed by atoms with Crippen molar-refractivity contribution in [2.24, 2.45) is 0 Å². The number of hydrogen-bond donors (Lipinski definition) is 0. The summed E-state index contributed by atoms with van der Waals surface area (Å²) in [5, 5.41) is 10.7. The topological polar surface area (TPSA) is 16.4 Å². The zero-order valence-corrected chi connectivity index (χ0v) is 27.4. The van der Waals surface area contributed by atoms with Crippen LogP contribution in [0.3, 0.4) is 0 Å². The maximum Gasteiger partial charge on any atom is 0.136 e. The number of thiophene rings is 1. The number of benzene rings is 7. The van der Waals surface area contributed by atoms with Crippen LogP contribution in [0, 0.1) is 0 Å². The van der Waals surface area contributed by atoms with Gasteiger partial charge in [-0.05, 0) is 80.8 Å². The van der Waals surface area contributed by atoms with Crippen LogP contribution in [-0.2, 0) is 0 Å². The van der Waals surface area contributed by atoms with Gasteiger partial charge >= 0.3 is 0 Å². The fraction of sp³-hybridized carbons (Fsp3) is 0.0476. The average molecular weight is 624 g/mol. The smallest absolute Gasteiger partial charge is 0.136 e. The molecule has 4 heteroatoms. The second kappa shape index (κ2) is 9.43. The zero-order valence-electron chi connectivity index (χ0n) is 25.5. The summed E-state index contributed by atoms with van der Waals surface area (Å²) in [7, 11) is -2.00. The van der Waals surface area contributed by atoms with Crippen LogP contribution in [0.25, 0.3) is 64.0 Å². The van der Waals surface area contributed by atoms with Crippen molar-refractivity contribution in [3.8, 4) is 11.1 Å². The molecule has 0 saturated carbocycles. The van der Waals surface area contributed by atoms with Gasteiger partial charge in [-0.3, -0.25) is 0 Å². The van der Waals surface area contributed by atoms with Gasteiger partial charge in [-0.15, -0.1) is 11.3 Å². The van der Waals surface area contributed by atoms with Gasteiger partial charge in [-0.1, -0.05) is 104 Å². The number of hydrogen-bond acceptors (Lipinski definition) is 3. The van der Waals surface area contributed by atoms with Crippen LogP contribution in [0.1, 0.15) is 0 Å². The van der Waals surface area contributed by atoms with E-state index >= 15 is 0 Å². The summed E-state index contributed by atoms with van der Waals surface area (Å²) >= 11 is 1.90. The first-order chi connectivity index (χ1) is 22.6. The molecule has 0 radical (unpaired) electrons. The van der Waals surface area contributed by atoms with Gasteiger partial charge in [0.2, 0.25) is 0 Å². The summed E-state index contributed by atoms with van der Waals surface area (Å²) in [6, 6.07) is 51.2. The Morgan fingerprint density at radius 1 is 0.543 bits per heavy atom. The molecule has 0 fully saturated rings. The molecule has 0 saturated heterocycles. The molecular formula is C42H29NOSSi. The lowest BCUT2D eigenvalue weighted by Gasteiger charge is -2.27. The summed E-state index contributed by atoms with van der Waals surface area (Å²) < 4.78 is 8.99. The Morgan fingerprint density at radius 3 is 2.17 bits per heavy atom. The molecule has 0 bridgehead atoms. The van der Waals surface area contributed by atoms with Crippen LogP contribution < -0.4 is 15.3 Å². The maximum atomic E-state index is 6.33. The fourth-order valence-electron chi connectivity index (χ4n) is 7.83. The molecule has 7 aromatic carbocycles. The van der Waals surface area contributed by atoms with Crippen molar-refractivity contribution in [2.75, 3.05) is 4.90 Å². The Kier molecular flexibility index (Phi) is 5.35. The highest BCUT2D eigenvalue weighted by Crippen LogP contribution is 2.44. The van der Waals surface area contributed by atoms with E-state index in [1.54, 1.807) is 0 Å². The van der Waals surface area contributed by atoms with E-state index < -0.39 is 8.07 Å². The third-order valence-corrected chi connectivity index (χ3v) is 14.8. The van der Waals surface area contributed by atoms with Crippen LogP contribution in [0.15, 0.2) is 144 Å². The van der Waals surface area contributed by atoms with Gasteiger partial charge in [0.15, 0.2) is 0 Å². The minimum absolute atomic E-state index is 0.954. The molecule has 218 valence electrons. The van der Waals surface area contributed by atoms with Crippen LogP contribution in [0.5, 0.6) is 0 Å². The van der Waals surface area contributed by atoms with E-state index in [0.717, 1.165) is 16.9 Å². The first-order valence-corrected chi connectivity index (χ1v) is 19.7. The summed E-state index contributed by atoms with van der Waals surface area (Å²) in [4.78, 5) is 2.43. The molecule has 0 atom stereocenters. The van der Waals surface area contributed by atoms with E-state index in [1.165, 1.54) is 74.6 Å². The second-order valence-electron chi connectivity index (χ2n) is 12.9. The fourth-order valence-corrected chi connectivity index (χ4v) is 12.2. The molecule has 0 unspecified atom stereocenters. The quantitative estimate of drug-likeness (QED) is 0.182. The van der Waals surface area contributed by atoms with E-state index in [0.29, 0.717) is 0 Å². The molecule has 1 aliphatic heterocycles. The Balaban J connectivity index is 1.18. The predicted molar refractivity (Wildman–Crippen MR) is 201 cm³/mol. The van der Waals surface area contributed by atoms with Crippen molar-refractivity contribution < 1.29 is 4.42 Å². The second-order valence-corrected chi connectivity index (χ2v) is 18.3. The number of nitrogens with zero attached hydrogens (tertiary/aromatic N) is 1. The molecule has 0 aliphatic carbocycles. The number of furan rings is 1. The van der Waals surface area contributed by atoms with Gasteiger partial charge in [-0.2, -0.15) is 0 Å². The predicted octanol–water partition coefficient (Wildman–Crippen LogP) is 11.4. The molecule has 3 heterocycles. The monoisotopic (exact) mass is 623 g/mol. The van der Waals surface area contributed by atoms with Gasteiger partial charge in [0.25, 0.3) is 0 Å². The molecule has 1 aliphatic rings. The van der Waals surface area contributed by atoms with E-state index in [9.17, 15) is 0 Å². The number of anilines is 3. The molecule has 2 nitrogen and oxygen atoms in total. The maximum absolute atomic E-state index is 6.33. The van der Waals surface area contributed by atoms with Crippen LogP contribution in [-0.4, -0.2) is 8.07 Å². The van der Waals surface area contributed by atoms with Crippen molar-refractivity contribution in [3.05, 3.63) is 140 Å². The van der Waals surface area contributed by atoms with E-state index in [-0.39, 0.29) is 0 Å². The molecule has 0 N–H and O–H groups in total. The van der Waals surface area contributed by atoms with Gasteiger partial charge in [0.05, 0.1) is 0 Å². The zero-order chi connectivity index (χ0) is 30.6. The molecule has 0 amide bonds. The number of para-hydroxylation sites is 2. The van der Waals surface area contributed by atoms with Crippen molar-refractivity contribution >= 4 is 99.7 Å². The Bertz CT molecular complexity index is 2680. The van der Waals surface area contributed by atoms with Crippen LogP contribution >= 0.6 is 11.3 Å². The summed E-state index contributed by atoms with van der Waals surface area (Å²) in [6.07, 6.45) is 0. The third kappa shape index (κ3) is 3.57. The molecule has 2 aromatic heterocycles.